The third-order valence-electron chi connectivity index (χ3n) is 8.58. The van der Waals surface area contributed by atoms with Gasteiger partial charge in [-0.15, -0.1) is 0 Å². The first kappa shape index (κ1) is 26.2. The summed E-state index contributed by atoms with van der Waals surface area (Å²) in [5.41, 5.74) is 7.13. The molecule has 1 heterocycles. The van der Waals surface area contributed by atoms with E-state index in [2.05, 4.69) is 72.3 Å². The highest BCUT2D eigenvalue weighted by Gasteiger charge is 2.31. The average Bonchev–Trinajstić information content (AvgIpc) is 3.12. The fourth-order valence-corrected chi connectivity index (χ4v) is 6.28. The van der Waals surface area contributed by atoms with Gasteiger partial charge in [-0.3, -0.25) is 4.79 Å². The summed E-state index contributed by atoms with van der Waals surface area (Å²) in [4.78, 5) is 13.8. The molecule has 198 valence electrons. The van der Waals surface area contributed by atoms with Gasteiger partial charge in [0, 0.05) is 23.1 Å². The Morgan fingerprint density at radius 1 is 0.868 bits per heavy atom. The van der Waals surface area contributed by atoms with Gasteiger partial charge in [0.2, 0.25) is 5.91 Å². The number of fused-ring (bicyclic) bond motifs is 1. The van der Waals surface area contributed by atoms with Gasteiger partial charge in [0.05, 0.1) is 18.6 Å². The van der Waals surface area contributed by atoms with Crippen LogP contribution in [0.5, 0.6) is 0 Å². The van der Waals surface area contributed by atoms with Gasteiger partial charge in [-0.05, 0) is 60.9 Å². The standard InChI is InChI=1S/C34H40N2O2/c1-24-25(2)36(32-17-11-10-16-30(24)32)22-26-18-20-29(21-19-26)33(28-14-6-3-4-7-15-28)34(38)35-31(23-37)27-12-8-5-9-13-27/h5,8-13,16-21,28,31,33,37H,3-4,6-7,14-15,22-23H2,1-2H3,(H,35,38)/t31-,33?/m0/s1. The Bertz CT molecular complexity index is 1350. The molecule has 2 N–H and O–H groups in total. The van der Waals surface area contributed by atoms with Gasteiger partial charge in [0.1, 0.15) is 0 Å². The van der Waals surface area contributed by atoms with Gasteiger partial charge < -0.3 is 15.0 Å². The monoisotopic (exact) mass is 508 g/mol. The highest BCUT2D eigenvalue weighted by atomic mass is 16.3. The first-order valence-electron chi connectivity index (χ1n) is 14.2. The van der Waals surface area contributed by atoms with Crippen LogP contribution in [-0.2, 0) is 11.3 Å². The molecular weight excluding hydrogens is 468 g/mol. The normalized spacial score (nSPS) is 16.2. The molecule has 1 aliphatic carbocycles. The Kier molecular flexibility index (Phi) is 8.29. The van der Waals surface area contributed by atoms with E-state index in [9.17, 15) is 9.90 Å². The van der Waals surface area contributed by atoms with Gasteiger partial charge in [-0.25, -0.2) is 0 Å². The molecule has 4 aromatic rings. The molecule has 0 aliphatic heterocycles. The van der Waals surface area contributed by atoms with Crippen LogP contribution in [0.4, 0.5) is 0 Å². The average molecular weight is 509 g/mol. The van der Waals surface area contributed by atoms with Crippen molar-refractivity contribution < 1.29 is 9.90 Å². The van der Waals surface area contributed by atoms with Crippen LogP contribution in [0.15, 0.2) is 78.9 Å². The topological polar surface area (TPSA) is 54.3 Å². The molecule has 1 aromatic heterocycles. The van der Waals surface area contributed by atoms with Crippen LogP contribution in [0, 0.1) is 19.8 Å². The lowest BCUT2D eigenvalue weighted by Gasteiger charge is -2.28. The van der Waals surface area contributed by atoms with Gasteiger partial charge in [-0.1, -0.05) is 98.5 Å². The molecule has 1 saturated carbocycles. The summed E-state index contributed by atoms with van der Waals surface area (Å²) in [5, 5.41) is 14.6. The lowest BCUT2D eigenvalue weighted by Crippen LogP contribution is -2.37. The van der Waals surface area contributed by atoms with Crippen molar-refractivity contribution in [3.8, 4) is 0 Å². The Balaban J connectivity index is 1.41. The van der Waals surface area contributed by atoms with E-state index in [0.717, 1.165) is 30.5 Å². The van der Waals surface area contributed by atoms with Crippen molar-refractivity contribution in [1.82, 2.24) is 9.88 Å². The second-order valence-corrected chi connectivity index (χ2v) is 10.9. The second-order valence-electron chi connectivity index (χ2n) is 10.9. The fourth-order valence-electron chi connectivity index (χ4n) is 6.28. The van der Waals surface area contributed by atoms with Crippen molar-refractivity contribution >= 4 is 16.8 Å². The maximum Gasteiger partial charge on any atom is 0.228 e. The third-order valence-corrected chi connectivity index (χ3v) is 8.58. The maximum atomic E-state index is 13.8. The van der Waals surface area contributed by atoms with Crippen LogP contribution in [0.25, 0.3) is 10.9 Å². The minimum Gasteiger partial charge on any atom is -0.394 e. The first-order chi connectivity index (χ1) is 18.6. The number of hydrogen-bond acceptors (Lipinski definition) is 2. The smallest absolute Gasteiger partial charge is 0.228 e. The summed E-state index contributed by atoms with van der Waals surface area (Å²) in [7, 11) is 0. The summed E-state index contributed by atoms with van der Waals surface area (Å²) in [6.45, 7) is 5.08. The van der Waals surface area contributed by atoms with E-state index in [1.807, 2.05) is 30.3 Å². The number of nitrogens with zero attached hydrogens (tertiary/aromatic N) is 1. The molecule has 38 heavy (non-hydrogen) atoms. The summed E-state index contributed by atoms with van der Waals surface area (Å²) in [6.07, 6.45) is 6.99. The molecule has 0 bridgehead atoms. The van der Waals surface area contributed by atoms with Crippen LogP contribution < -0.4 is 5.32 Å². The Hall–Kier alpha value is -3.37. The van der Waals surface area contributed by atoms with Crippen LogP contribution in [0.1, 0.15) is 78.4 Å². The molecule has 1 amide bonds. The van der Waals surface area contributed by atoms with Crippen molar-refractivity contribution in [1.29, 1.82) is 0 Å². The van der Waals surface area contributed by atoms with Gasteiger partial charge in [0.15, 0.2) is 0 Å². The van der Waals surface area contributed by atoms with Gasteiger partial charge in [-0.2, -0.15) is 0 Å². The van der Waals surface area contributed by atoms with E-state index < -0.39 is 6.04 Å². The van der Waals surface area contributed by atoms with Crippen molar-refractivity contribution in [2.24, 2.45) is 5.92 Å². The van der Waals surface area contributed by atoms with E-state index >= 15 is 0 Å². The number of aliphatic hydroxyl groups excluding tert-OH is 1. The third kappa shape index (κ3) is 5.56. The van der Waals surface area contributed by atoms with Crippen molar-refractivity contribution in [3.63, 3.8) is 0 Å². The molecule has 4 heteroatoms. The molecule has 0 saturated heterocycles. The molecule has 3 aromatic carbocycles. The quantitative estimate of drug-likeness (QED) is 0.247. The lowest BCUT2D eigenvalue weighted by molar-refractivity contribution is -0.125. The van der Waals surface area contributed by atoms with E-state index in [4.69, 9.17) is 0 Å². The fraction of sp³-hybridized carbons (Fsp3) is 0.382. The van der Waals surface area contributed by atoms with Gasteiger partial charge in [0.25, 0.3) is 0 Å². The molecule has 1 unspecified atom stereocenters. The van der Waals surface area contributed by atoms with Crippen LogP contribution in [-0.4, -0.2) is 22.2 Å². The zero-order chi connectivity index (χ0) is 26.5. The predicted octanol–water partition coefficient (Wildman–Crippen LogP) is 7.21. The van der Waals surface area contributed by atoms with Crippen LogP contribution in [0.2, 0.25) is 0 Å². The number of amides is 1. The molecule has 4 nitrogen and oxygen atoms in total. The number of aryl methyl sites for hydroxylation is 1. The Morgan fingerprint density at radius 3 is 2.21 bits per heavy atom. The summed E-state index contributed by atoms with van der Waals surface area (Å²) >= 11 is 0. The summed E-state index contributed by atoms with van der Waals surface area (Å²) in [6, 6.07) is 26.7. The Morgan fingerprint density at radius 2 is 1.53 bits per heavy atom. The molecule has 0 spiro atoms. The molecular formula is C34H40N2O2. The number of carbonyl (C=O) groups is 1. The minimum absolute atomic E-state index is 0.0235. The van der Waals surface area contributed by atoms with E-state index in [-0.39, 0.29) is 18.4 Å². The molecule has 2 atom stereocenters. The van der Waals surface area contributed by atoms with Crippen molar-refractivity contribution in [3.05, 3.63) is 107 Å². The molecule has 1 fully saturated rings. The summed E-state index contributed by atoms with van der Waals surface area (Å²) in [5.74, 6) is 0.128. The maximum absolute atomic E-state index is 13.8. The van der Waals surface area contributed by atoms with E-state index in [1.54, 1.807) is 0 Å². The second kappa shape index (κ2) is 12.0. The zero-order valence-electron chi connectivity index (χ0n) is 22.7. The number of aliphatic hydroxyl groups is 1. The number of nitrogens with one attached hydrogen (secondary N) is 1. The SMILES string of the molecule is Cc1c(C)n(Cc2ccc(C(C(=O)N[C@@H](CO)c3ccccc3)C3CCCCCC3)cc2)c2ccccc12. The van der Waals surface area contributed by atoms with E-state index in [0.29, 0.717) is 5.92 Å². The molecule has 5 rings (SSSR count). The van der Waals surface area contributed by atoms with Crippen molar-refractivity contribution in [2.45, 2.75) is 70.9 Å². The highest BCUT2D eigenvalue weighted by molar-refractivity contribution is 5.85. The number of hydrogen-bond donors (Lipinski definition) is 2. The predicted molar refractivity (Wildman–Crippen MR) is 155 cm³/mol. The van der Waals surface area contributed by atoms with Crippen LogP contribution in [0.3, 0.4) is 0 Å². The number of rotatable bonds is 8. The van der Waals surface area contributed by atoms with Crippen LogP contribution >= 0.6 is 0 Å². The number of carbonyl (C=O) groups excluding carboxylic acids is 1. The Labute approximate surface area is 226 Å². The first-order valence-corrected chi connectivity index (χ1v) is 14.2. The number of para-hydroxylation sites is 1. The number of aromatic nitrogens is 1. The largest absolute Gasteiger partial charge is 0.394 e. The number of benzene rings is 3. The molecule has 1 aliphatic rings. The highest BCUT2D eigenvalue weighted by Crippen LogP contribution is 2.36. The lowest BCUT2D eigenvalue weighted by atomic mass is 9.80. The summed E-state index contributed by atoms with van der Waals surface area (Å²) < 4.78 is 2.39. The van der Waals surface area contributed by atoms with Crippen molar-refractivity contribution in [2.75, 3.05) is 6.61 Å². The molecule has 0 radical (unpaired) electrons. The van der Waals surface area contributed by atoms with Gasteiger partial charge >= 0.3 is 0 Å². The minimum atomic E-state index is -0.399. The zero-order valence-corrected chi connectivity index (χ0v) is 22.7. The van der Waals surface area contributed by atoms with E-state index in [1.165, 1.54) is 53.4 Å².